The van der Waals surface area contributed by atoms with E-state index in [1.807, 2.05) is 0 Å². The number of halogens is 2. The van der Waals surface area contributed by atoms with Gasteiger partial charge < -0.3 is 14.2 Å². The highest BCUT2D eigenvalue weighted by molar-refractivity contribution is 8.18. The number of amides is 2. The quantitative estimate of drug-likeness (QED) is 0.187. The van der Waals surface area contributed by atoms with E-state index in [0.29, 0.717) is 22.4 Å². The summed E-state index contributed by atoms with van der Waals surface area (Å²) < 4.78 is 29.4. The van der Waals surface area contributed by atoms with Crippen molar-refractivity contribution in [1.29, 1.82) is 0 Å². The molecule has 0 aromatic heterocycles. The van der Waals surface area contributed by atoms with Crippen molar-refractivity contribution < 1.29 is 33.0 Å². The van der Waals surface area contributed by atoms with Gasteiger partial charge in [0.25, 0.3) is 11.1 Å². The maximum atomic E-state index is 13.2. The minimum absolute atomic E-state index is 0.0213. The maximum absolute atomic E-state index is 13.2. The minimum atomic E-state index is -0.639. The number of carbonyl (C=O) groups is 3. The summed E-state index contributed by atoms with van der Waals surface area (Å²) in [6, 6.07) is 15.0. The monoisotopic (exact) mass is 541 g/mol. The summed E-state index contributed by atoms with van der Waals surface area (Å²) in [7, 11) is 1.52. The third kappa shape index (κ3) is 6.12. The lowest BCUT2D eigenvalue weighted by molar-refractivity contribution is -0.123. The molecule has 0 saturated carbocycles. The second kappa shape index (κ2) is 11.5. The molecule has 0 aliphatic carbocycles. The maximum Gasteiger partial charge on any atom is 0.343 e. The summed E-state index contributed by atoms with van der Waals surface area (Å²) in [5.41, 5.74) is 1.39. The summed E-state index contributed by atoms with van der Waals surface area (Å²) >= 11 is 7.23. The van der Waals surface area contributed by atoms with Crippen LogP contribution in [0.5, 0.6) is 17.2 Å². The van der Waals surface area contributed by atoms with Crippen molar-refractivity contribution in [3.05, 3.63) is 93.1 Å². The van der Waals surface area contributed by atoms with Crippen LogP contribution in [-0.4, -0.2) is 35.7 Å². The first-order valence-electron chi connectivity index (χ1n) is 11.1. The third-order valence-corrected chi connectivity index (χ3v) is 6.47. The second-order valence-electron chi connectivity index (χ2n) is 7.78. The fourth-order valence-electron chi connectivity index (χ4n) is 3.47. The van der Waals surface area contributed by atoms with Crippen molar-refractivity contribution in [2.45, 2.75) is 13.5 Å². The predicted molar refractivity (Wildman–Crippen MR) is 138 cm³/mol. The van der Waals surface area contributed by atoms with Crippen molar-refractivity contribution in [2.24, 2.45) is 0 Å². The normalized spacial score (nSPS) is 14.3. The van der Waals surface area contributed by atoms with Crippen LogP contribution < -0.4 is 14.2 Å². The van der Waals surface area contributed by atoms with E-state index in [1.165, 1.54) is 43.5 Å². The zero-order valence-corrected chi connectivity index (χ0v) is 21.4. The van der Waals surface area contributed by atoms with Gasteiger partial charge in [0, 0.05) is 0 Å². The fourth-order valence-corrected chi connectivity index (χ4v) is 4.57. The standard InChI is InChI=1S/C27H21ClFNO6S/c1-3-35-22-13-17(12-21(28)24(22)36-26(32)18-6-10-20(34-2)11-7-18)14-23-25(31)30(27(33)37-23)15-16-4-8-19(29)9-5-16/h4-14H,3,15H2,1-2H3/b23-14-. The van der Waals surface area contributed by atoms with E-state index in [4.69, 9.17) is 25.8 Å². The Kier molecular flexibility index (Phi) is 8.15. The van der Waals surface area contributed by atoms with Gasteiger partial charge in [-0.2, -0.15) is 0 Å². The molecular formula is C27H21ClFNO6S. The van der Waals surface area contributed by atoms with Gasteiger partial charge in [0.1, 0.15) is 11.6 Å². The van der Waals surface area contributed by atoms with Crippen LogP contribution in [-0.2, 0) is 11.3 Å². The van der Waals surface area contributed by atoms with Crippen LogP contribution >= 0.6 is 23.4 Å². The number of methoxy groups -OCH3 is 1. The van der Waals surface area contributed by atoms with Crippen molar-refractivity contribution in [3.8, 4) is 17.2 Å². The molecule has 1 fully saturated rings. The Labute approximate surface area is 221 Å². The van der Waals surface area contributed by atoms with Gasteiger partial charge in [-0.1, -0.05) is 23.7 Å². The molecule has 3 aromatic rings. The molecule has 10 heteroatoms. The van der Waals surface area contributed by atoms with Crippen LogP contribution in [0.4, 0.5) is 9.18 Å². The van der Waals surface area contributed by atoms with Crippen molar-refractivity contribution in [1.82, 2.24) is 4.90 Å². The van der Waals surface area contributed by atoms with E-state index in [0.717, 1.165) is 16.7 Å². The van der Waals surface area contributed by atoms with E-state index >= 15 is 0 Å². The number of hydrogen-bond acceptors (Lipinski definition) is 7. The molecule has 2 amide bonds. The number of carbonyl (C=O) groups excluding carboxylic acids is 3. The molecule has 0 radical (unpaired) electrons. The van der Waals surface area contributed by atoms with E-state index < -0.39 is 22.9 Å². The molecule has 0 unspecified atom stereocenters. The second-order valence-corrected chi connectivity index (χ2v) is 9.18. The van der Waals surface area contributed by atoms with E-state index in [9.17, 15) is 18.8 Å². The topological polar surface area (TPSA) is 82.1 Å². The molecule has 0 bridgehead atoms. The Bertz CT molecular complexity index is 1370. The zero-order valence-electron chi connectivity index (χ0n) is 19.8. The van der Waals surface area contributed by atoms with Crippen molar-refractivity contribution in [2.75, 3.05) is 13.7 Å². The van der Waals surface area contributed by atoms with Crippen LogP contribution in [0.2, 0.25) is 5.02 Å². The summed E-state index contributed by atoms with van der Waals surface area (Å²) in [5, 5.41) is -0.355. The Morgan fingerprint density at radius 3 is 2.43 bits per heavy atom. The van der Waals surface area contributed by atoms with E-state index in [2.05, 4.69) is 0 Å². The lowest BCUT2D eigenvalue weighted by Gasteiger charge is -2.14. The number of thioether (sulfide) groups is 1. The first kappa shape index (κ1) is 26.2. The molecule has 1 saturated heterocycles. The van der Waals surface area contributed by atoms with Gasteiger partial charge in [-0.15, -0.1) is 0 Å². The zero-order chi connectivity index (χ0) is 26.5. The van der Waals surface area contributed by atoms with Crippen LogP contribution in [0.15, 0.2) is 65.6 Å². The van der Waals surface area contributed by atoms with Gasteiger partial charge in [-0.3, -0.25) is 14.5 Å². The van der Waals surface area contributed by atoms with Gasteiger partial charge in [-0.25, -0.2) is 9.18 Å². The van der Waals surface area contributed by atoms with Crippen molar-refractivity contribution in [3.63, 3.8) is 0 Å². The van der Waals surface area contributed by atoms with Crippen molar-refractivity contribution >= 4 is 46.6 Å². The predicted octanol–water partition coefficient (Wildman–Crippen LogP) is 6.34. The Hall–Kier alpha value is -3.82. The number of benzene rings is 3. The molecule has 1 aliphatic heterocycles. The Morgan fingerprint density at radius 2 is 1.78 bits per heavy atom. The highest BCUT2D eigenvalue weighted by atomic mass is 35.5. The minimum Gasteiger partial charge on any atom is -0.497 e. The highest BCUT2D eigenvalue weighted by Crippen LogP contribution is 2.40. The number of hydrogen-bond donors (Lipinski definition) is 0. The molecule has 0 atom stereocenters. The Balaban J connectivity index is 1.56. The van der Waals surface area contributed by atoms with E-state index in [-0.39, 0.29) is 34.6 Å². The van der Waals surface area contributed by atoms with E-state index in [1.54, 1.807) is 37.3 Å². The lowest BCUT2D eigenvalue weighted by atomic mass is 10.1. The summed E-state index contributed by atoms with van der Waals surface area (Å²) in [4.78, 5) is 39.3. The molecule has 0 N–H and O–H groups in total. The molecule has 1 heterocycles. The first-order chi connectivity index (χ1) is 17.8. The molecule has 4 rings (SSSR count). The summed E-state index contributed by atoms with van der Waals surface area (Å²) in [5.74, 6) is -0.697. The third-order valence-electron chi connectivity index (χ3n) is 5.28. The number of ether oxygens (including phenoxy) is 3. The van der Waals surface area contributed by atoms with Gasteiger partial charge in [-0.05, 0) is 84.4 Å². The van der Waals surface area contributed by atoms with Crippen LogP contribution in [0.1, 0.15) is 28.4 Å². The fraction of sp³-hybridized carbons (Fsp3) is 0.148. The van der Waals surface area contributed by atoms with Gasteiger partial charge in [0.15, 0.2) is 11.5 Å². The number of rotatable bonds is 8. The SMILES string of the molecule is CCOc1cc(/C=C2\SC(=O)N(Cc3ccc(F)cc3)C2=O)cc(Cl)c1OC(=O)c1ccc(OC)cc1. The molecular weight excluding hydrogens is 521 g/mol. The van der Waals surface area contributed by atoms with Crippen LogP contribution in [0, 0.1) is 5.82 Å². The number of nitrogens with zero attached hydrogens (tertiary/aromatic N) is 1. The summed E-state index contributed by atoms with van der Waals surface area (Å²) in [6.07, 6.45) is 1.51. The average molecular weight is 542 g/mol. The van der Waals surface area contributed by atoms with Gasteiger partial charge >= 0.3 is 5.97 Å². The smallest absolute Gasteiger partial charge is 0.343 e. The van der Waals surface area contributed by atoms with Gasteiger partial charge in [0.2, 0.25) is 0 Å². The molecule has 3 aromatic carbocycles. The average Bonchev–Trinajstić information content (AvgIpc) is 3.14. The molecule has 37 heavy (non-hydrogen) atoms. The molecule has 190 valence electrons. The number of imide groups is 1. The van der Waals surface area contributed by atoms with Gasteiger partial charge in [0.05, 0.1) is 35.8 Å². The lowest BCUT2D eigenvalue weighted by Crippen LogP contribution is -2.27. The molecule has 0 spiro atoms. The first-order valence-corrected chi connectivity index (χ1v) is 12.3. The Morgan fingerprint density at radius 1 is 1.08 bits per heavy atom. The highest BCUT2D eigenvalue weighted by Gasteiger charge is 2.35. The van der Waals surface area contributed by atoms with Crippen LogP contribution in [0.3, 0.4) is 0 Å². The number of esters is 1. The molecule has 1 aliphatic rings. The summed E-state index contributed by atoms with van der Waals surface area (Å²) in [6.45, 7) is 2.05. The van der Waals surface area contributed by atoms with Crippen LogP contribution in [0.25, 0.3) is 6.08 Å². The largest absolute Gasteiger partial charge is 0.497 e. The molecule has 7 nitrogen and oxygen atoms in total.